The highest BCUT2D eigenvalue weighted by molar-refractivity contribution is 5.96. The van der Waals surface area contributed by atoms with Crippen LogP contribution in [0.4, 0.5) is 0 Å². The average Bonchev–Trinajstić information content (AvgIpc) is 2.53. The van der Waals surface area contributed by atoms with Crippen LogP contribution in [0.1, 0.15) is 33.6 Å². The first-order chi connectivity index (χ1) is 6.18. The quantitative estimate of drug-likeness (QED) is 0.705. The van der Waals surface area contributed by atoms with Gasteiger partial charge in [0.15, 0.2) is 0 Å². The van der Waals surface area contributed by atoms with E-state index in [-0.39, 0.29) is 0 Å². The summed E-state index contributed by atoms with van der Waals surface area (Å²) in [5, 5.41) is 3.39. The zero-order valence-corrected chi connectivity index (χ0v) is 8.93. The molecule has 0 saturated heterocycles. The van der Waals surface area contributed by atoms with E-state index in [1.165, 1.54) is 17.8 Å². The van der Waals surface area contributed by atoms with Crippen LogP contribution in [-0.4, -0.2) is 18.8 Å². The zero-order chi connectivity index (χ0) is 9.68. The van der Waals surface area contributed by atoms with Gasteiger partial charge in [0.25, 0.3) is 0 Å². The molecule has 0 unspecified atom stereocenters. The van der Waals surface area contributed by atoms with Gasteiger partial charge < -0.3 is 5.32 Å². The van der Waals surface area contributed by atoms with E-state index >= 15 is 0 Å². The highest BCUT2D eigenvalue weighted by Crippen LogP contribution is 2.06. The lowest BCUT2D eigenvalue weighted by Crippen LogP contribution is -2.18. The van der Waals surface area contributed by atoms with Crippen molar-refractivity contribution in [2.24, 2.45) is 10.9 Å². The van der Waals surface area contributed by atoms with E-state index < -0.39 is 0 Å². The standard InChI is InChI=1S/C11H20N2/c1-9(2)8-13-10(3)7-11-5-4-6-12-11/h7,9,13H,4-6,8H2,1-3H3/b10-7+. The summed E-state index contributed by atoms with van der Waals surface area (Å²) >= 11 is 0. The highest BCUT2D eigenvalue weighted by Gasteiger charge is 2.03. The molecule has 1 aliphatic rings. The lowest BCUT2D eigenvalue weighted by molar-refractivity contribution is 0.596. The molecule has 74 valence electrons. The summed E-state index contributed by atoms with van der Waals surface area (Å²) in [6.07, 6.45) is 4.55. The minimum atomic E-state index is 0.703. The summed E-state index contributed by atoms with van der Waals surface area (Å²) in [6, 6.07) is 0. The summed E-state index contributed by atoms with van der Waals surface area (Å²) in [7, 11) is 0. The van der Waals surface area contributed by atoms with Gasteiger partial charge in [-0.2, -0.15) is 0 Å². The Morgan fingerprint density at radius 2 is 2.38 bits per heavy atom. The largest absolute Gasteiger partial charge is 0.388 e. The lowest BCUT2D eigenvalue weighted by Gasteiger charge is -2.08. The van der Waals surface area contributed by atoms with Crippen LogP contribution in [0.15, 0.2) is 16.8 Å². The van der Waals surface area contributed by atoms with Crippen LogP contribution in [0.2, 0.25) is 0 Å². The molecule has 0 bridgehead atoms. The van der Waals surface area contributed by atoms with Crippen molar-refractivity contribution in [2.45, 2.75) is 33.6 Å². The normalized spacial score (nSPS) is 17.8. The van der Waals surface area contributed by atoms with Crippen molar-refractivity contribution in [3.8, 4) is 0 Å². The highest BCUT2D eigenvalue weighted by atomic mass is 14.9. The van der Waals surface area contributed by atoms with E-state index in [1.807, 2.05) is 0 Å². The maximum atomic E-state index is 4.40. The monoisotopic (exact) mass is 180 g/mol. The van der Waals surface area contributed by atoms with Crippen LogP contribution < -0.4 is 5.32 Å². The van der Waals surface area contributed by atoms with Gasteiger partial charge in [-0.05, 0) is 31.8 Å². The first-order valence-electron chi connectivity index (χ1n) is 5.14. The van der Waals surface area contributed by atoms with Gasteiger partial charge in [0, 0.05) is 24.5 Å². The number of hydrogen-bond acceptors (Lipinski definition) is 2. The lowest BCUT2D eigenvalue weighted by atomic mass is 10.2. The van der Waals surface area contributed by atoms with Gasteiger partial charge in [0.1, 0.15) is 0 Å². The molecule has 1 aliphatic heterocycles. The van der Waals surface area contributed by atoms with Crippen LogP contribution in [0.3, 0.4) is 0 Å². The first-order valence-corrected chi connectivity index (χ1v) is 5.14. The van der Waals surface area contributed by atoms with E-state index in [9.17, 15) is 0 Å². The molecule has 0 saturated carbocycles. The van der Waals surface area contributed by atoms with Crippen molar-refractivity contribution in [3.05, 3.63) is 11.8 Å². The molecule has 0 atom stereocenters. The van der Waals surface area contributed by atoms with Gasteiger partial charge in [-0.1, -0.05) is 13.8 Å². The summed E-state index contributed by atoms with van der Waals surface area (Å²) in [5.41, 5.74) is 2.50. The Morgan fingerprint density at radius 1 is 1.62 bits per heavy atom. The molecule has 0 aromatic heterocycles. The predicted molar refractivity (Wildman–Crippen MR) is 58.1 cm³/mol. The second kappa shape index (κ2) is 5.05. The minimum Gasteiger partial charge on any atom is -0.388 e. The Balaban J connectivity index is 2.32. The maximum Gasteiger partial charge on any atom is 0.0396 e. The number of hydrogen-bond donors (Lipinski definition) is 1. The molecule has 0 spiro atoms. The molecule has 0 fully saturated rings. The fraction of sp³-hybridized carbons (Fsp3) is 0.727. The summed E-state index contributed by atoms with van der Waals surface area (Å²) < 4.78 is 0. The van der Waals surface area contributed by atoms with Gasteiger partial charge in [0.05, 0.1) is 0 Å². The SMILES string of the molecule is C/C(=C\C1=NCCC1)NCC(C)C. The van der Waals surface area contributed by atoms with Crippen molar-refractivity contribution in [1.29, 1.82) is 0 Å². The minimum absolute atomic E-state index is 0.703. The van der Waals surface area contributed by atoms with E-state index in [4.69, 9.17) is 0 Å². The van der Waals surface area contributed by atoms with E-state index in [0.717, 1.165) is 19.5 Å². The van der Waals surface area contributed by atoms with Crippen LogP contribution in [0.5, 0.6) is 0 Å². The van der Waals surface area contributed by atoms with Crippen molar-refractivity contribution in [1.82, 2.24) is 5.32 Å². The molecule has 2 nitrogen and oxygen atoms in total. The summed E-state index contributed by atoms with van der Waals surface area (Å²) in [6.45, 7) is 8.61. The van der Waals surface area contributed by atoms with Crippen molar-refractivity contribution in [3.63, 3.8) is 0 Å². The molecule has 13 heavy (non-hydrogen) atoms. The summed E-state index contributed by atoms with van der Waals surface area (Å²) in [4.78, 5) is 4.40. The van der Waals surface area contributed by atoms with Crippen molar-refractivity contribution >= 4 is 5.71 Å². The van der Waals surface area contributed by atoms with Crippen LogP contribution in [0.25, 0.3) is 0 Å². The van der Waals surface area contributed by atoms with E-state index in [1.54, 1.807) is 0 Å². The molecule has 1 N–H and O–H groups in total. The van der Waals surface area contributed by atoms with E-state index in [0.29, 0.717) is 5.92 Å². The molecule has 0 radical (unpaired) electrons. The number of allylic oxidation sites excluding steroid dienone is 2. The molecule has 0 aromatic rings. The van der Waals surface area contributed by atoms with Crippen LogP contribution >= 0.6 is 0 Å². The number of nitrogens with one attached hydrogen (secondary N) is 1. The molecule has 0 amide bonds. The van der Waals surface area contributed by atoms with Crippen molar-refractivity contribution in [2.75, 3.05) is 13.1 Å². The average molecular weight is 180 g/mol. The smallest absolute Gasteiger partial charge is 0.0396 e. The number of nitrogens with zero attached hydrogens (tertiary/aromatic N) is 1. The first kappa shape index (κ1) is 10.3. The molecular weight excluding hydrogens is 160 g/mol. The van der Waals surface area contributed by atoms with Gasteiger partial charge in [-0.25, -0.2) is 0 Å². The fourth-order valence-corrected chi connectivity index (χ4v) is 1.35. The number of rotatable bonds is 4. The molecule has 2 heteroatoms. The Morgan fingerprint density at radius 3 is 2.92 bits per heavy atom. The van der Waals surface area contributed by atoms with Gasteiger partial charge >= 0.3 is 0 Å². The van der Waals surface area contributed by atoms with Crippen LogP contribution in [0, 0.1) is 5.92 Å². The van der Waals surface area contributed by atoms with Gasteiger partial charge in [0.2, 0.25) is 0 Å². The molecule has 1 rings (SSSR count). The Hall–Kier alpha value is -0.790. The third-order valence-corrected chi connectivity index (χ3v) is 2.08. The van der Waals surface area contributed by atoms with Gasteiger partial charge in [-0.15, -0.1) is 0 Å². The third kappa shape index (κ3) is 4.11. The summed E-state index contributed by atoms with van der Waals surface area (Å²) in [5.74, 6) is 0.703. The second-order valence-corrected chi connectivity index (χ2v) is 4.08. The molecule has 0 aromatic carbocycles. The zero-order valence-electron chi connectivity index (χ0n) is 8.93. The molecule has 1 heterocycles. The topological polar surface area (TPSA) is 24.4 Å². The van der Waals surface area contributed by atoms with E-state index in [2.05, 4.69) is 37.2 Å². The third-order valence-electron chi connectivity index (χ3n) is 2.08. The molecular formula is C11H20N2. The predicted octanol–water partition coefficient (Wildman–Crippen LogP) is 2.37. The van der Waals surface area contributed by atoms with Gasteiger partial charge in [-0.3, -0.25) is 4.99 Å². The second-order valence-electron chi connectivity index (χ2n) is 4.08. The Bertz CT molecular complexity index is 214. The van der Waals surface area contributed by atoms with Crippen LogP contribution in [-0.2, 0) is 0 Å². The molecule has 0 aliphatic carbocycles. The fourth-order valence-electron chi connectivity index (χ4n) is 1.35. The number of aliphatic imine (C=N–C) groups is 1. The maximum absolute atomic E-state index is 4.40. The Labute approximate surface area is 81.1 Å². The van der Waals surface area contributed by atoms with Crippen molar-refractivity contribution < 1.29 is 0 Å². The Kier molecular flexibility index (Phi) is 4.00.